The van der Waals surface area contributed by atoms with Gasteiger partial charge < -0.3 is 9.84 Å². The lowest BCUT2D eigenvalue weighted by Crippen LogP contribution is -2.21. The fraction of sp³-hybridized carbons (Fsp3) is 1.00. The van der Waals surface area contributed by atoms with Gasteiger partial charge in [0, 0.05) is 5.92 Å². The smallest absolute Gasteiger partial charge is 0.0949 e. The van der Waals surface area contributed by atoms with Crippen LogP contribution in [0, 0.1) is 5.92 Å². The van der Waals surface area contributed by atoms with Crippen molar-refractivity contribution in [3.8, 4) is 0 Å². The van der Waals surface area contributed by atoms with E-state index in [0.29, 0.717) is 0 Å². The first kappa shape index (κ1) is 7.95. The monoisotopic (exact) mass is 148 g/mol. The summed E-state index contributed by atoms with van der Waals surface area (Å²) in [7, 11) is 0. The summed E-state index contributed by atoms with van der Waals surface area (Å²) in [6, 6.07) is 0. The molecule has 60 valence electrons. The third kappa shape index (κ3) is 1.47. The van der Waals surface area contributed by atoms with Crippen molar-refractivity contribution in [2.45, 2.75) is 25.6 Å². The Kier molecular flexibility index (Phi) is 2.63. The summed E-state index contributed by atoms with van der Waals surface area (Å²) in [4.78, 5) is 0. The SMILES string of the molecule is CC1C[C@@H](CF)[C@@H](CO)O1. The van der Waals surface area contributed by atoms with E-state index in [2.05, 4.69) is 0 Å². The molecule has 0 spiro atoms. The van der Waals surface area contributed by atoms with Crippen LogP contribution in [0.4, 0.5) is 4.39 Å². The maximum atomic E-state index is 12.1. The lowest BCUT2D eigenvalue weighted by molar-refractivity contribution is 0.00372. The number of aliphatic hydroxyl groups excluding tert-OH is 1. The molecule has 0 saturated carbocycles. The average molecular weight is 148 g/mol. The van der Waals surface area contributed by atoms with Gasteiger partial charge in [-0.15, -0.1) is 0 Å². The highest BCUT2D eigenvalue weighted by molar-refractivity contribution is 4.79. The molecule has 0 aromatic rings. The Bertz CT molecular complexity index is 95.8. The van der Waals surface area contributed by atoms with E-state index in [0.717, 1.165) is 6.42 Å². The summed E-state index contributed by atoms with van der Waals surface area (Å²) in [5, 5.41) is 8.69. The summed E-state index contributed by atoms with van der Waals surface area (Å²) in [5.74, 6) is -0.0833. The molecular formula is C7H13FO2. The molecule has 1 unspecified atom stereocenters. The van der Waals surface area contributed by atoms with Gasteiger partial charge in [-0.3, -0.25) is 4.39 Å². The number of ether oxygens (including phenoxy) is 1. The topological polar surface area (TPSA) is 29.5 Å². The van der Waals surface area contributed by atoms with Crippen molar-refractivity contribution >= 4 is 0 Å². The Morgan fingerprint density at radius 3 is 2.80 bits per heavy atom. The number of aliphatic hydroxyl groups is 1. The van der Waals surface area contributed by atoms with Gasteiger partial charge in [0.1, 0.15) is 0 Å². The summed E-state index contributed by atoms with van der Waals surface area (Å²) in [6.45, 7) is 1.47. The second-order valence-corrected chi connectivity index (χ2v) is 2.82. The van der Waals surface area contributed by atoms with Crippen molar-refractivity contribution in [1.29, 1.82) is 0 Å². The molecule has 0 radical (unpaired) electrons. The first-order valence-corrected chi connectivity index (χ1v) is 3.60. The third-order valence-electron chi connectivity index (χ3n) is 1.95. The normalized spacial score (nSPS) is 40.5. The number of halogens is 1. The van der Waals surface area contributed by atoms with Crippen molar-refractivity contribution in [2.24, 2.45) is 5.92 Å². The molecule has 1 N–H and O–H groups in total. The van der Waals surface area contributed by atoms with Crippen LogP contribution < -0.4 is 0 Å². The largest absolute Gasteiger partial charge is 0.394 e. The first-order chi connectivity index (χ1) is 4.77. The highest BCUT2D eigenvalue weighted by atomic mass is 19.1. The fourth-order valence-corrected chi connectivity index (χ4v) is 1.40. The summed E-state index contributed by atoms with van der Waals surface area (Å²) in [5.41, 5.74) is 0. The lowest BCUT2D eigenvalue weighted by Gasteiger charge is -2.11. The van der Waals surface area contributed by atoms with Crippen molar-refractivity contribution in [3.63, 3.8) is 0 Å². The molecule has 1 saturated heterocycles. The van der Waals surface area contributed by atoms with Gasteiger partial charge in [-0.2, -0.15) is 0 Å². The molecule has 1 heterocycles. The first-order valence-electron chi connectivity index (χ1n) is 3.60. The molecule has 1 rings (SSSR count). The maximum Gasteiger partial charge on any atom is 0.0949 e. The minimum atomic E-state index is -0.379. The summed E-state index contributed by atoms with van der Waals surface area (Å²) in [6.07, 6.45) is 0.583. The van der Waals surface area contributed by atoms with Crippen LogP contribution in [0.1, 0.15) is 13.3 Å². The second kappa shape index (κ2) is 3.30. The molecule has 1 fully saturated rings. The van der Waals surface area contributed by atoms with Crippen LogP contribution in [-0.4, -0.2) is 30.6 Å². The minimum Gasteiger partial charge on any atom is -0.394 e. The zero-order valence-corrected chi connectivity index (χ0v) is 6.09. The van der Waals surface area contributed by atoms with Crippen molar-refractivity contribution in [1.82, 2.24) is 0 Å². The van der Waals surface area contributed by atoms with E-state index in [-0.39, 0.29) is 31.4 Å². The number of rotatable bonds is 2. The molecule has 1 aliphatic heterocycles. The Morgan fingerprint density at radius 2 is 2.40 bits per heavy atom. The van der Waals surface area contributed by atoms with E-state index in [9.17, 15) is 4.39 Å². The predicted molar refractivity (Wildman–Crippen MR) is 35.5 cm³/mol. The highest BCUT2D eigenvalue weighted by Gasteiger charge is 2.31. The molecule has 0 aromatic carbocycles. The summed E-state index contributed by atoms with van der Waals surface area (Å²) >= 11 is 0. The molecule has 10 heavy (non-hydrogen) atoms. The van der Waals surface area contributed by atoms with E-state index in [4.69, 9.17) is 9.84 Å². The molecule has 3 atom stereocenters. The van der Waals surface area contributed by atoms with E-state index in [1.807, 2.05) is 6.92 Å². The molecule has 0 bridgehead atoms. The van der Waals surface area contributed by atoms with Crippen LogP contribution in [0.15, 0.2) is 0 Å². The van der Waals surface area contributed by atoms with Gasteiger partial charge in [0.25, 0.3) is 0 Å². The lowest BCUT2D eigenvalue weighted by atomic mass is 10.0. The van der Waals surface area contributed by atoms with E-state index >= 15 is 0 Å². The maximum absolute atomic E-state index is 12.1. The van der Waals surface area contributed by atoms with Crippen LogP contribution in [0.2, 0.25) is 0 Å². The standard InChI is InChI=1S/C7H13FO2/c1-5-2-6(3-8)7(4-9)10-5/h5-7,9H,2-4H2,1H3/t5?,6-,7+/m0/s1. The van der Waals surface area contributed by atoms with E-state index in [1.165, 1.54) is 0 Å². The molecule has 0 aliphatic carbocycles. The van der Waals surface area contributed by atoms with Crippen LogP contribution in [0.25, 0.3) is 0 Å². The van der Waals surface area contributed by atoms with Gasteiger partial charge in [0.2, 0.25) is 0 Å². The molecule has 0 aromatic heterocycles. The zero-order valence-electron chi connectivity index (χ0n) is 6.09. The van der Waals surface area contributed by atoms with Crippen molar-refractivity contribution < 1.29 is 14.2 Å². The van der Waals surface area contributed by atoms with Gasteiger partial charge in [-0.05, 0) is 13.3 Å². The number of hydrogen-bond donors (Lipinski definition) is 1. The van der Waals surface area contributed by atoms with Crippen LogP contribution >= 0.6 is 0 Å². The average Bonchev–Trinajstić information content (AvgIpc) is 2.30. The third-order valence-corrected chi connectivity index (χ3v) is 1.95. The predicted octanol–water partition coefficient (Wildman–Crippen LogP) is 0.742. The zero-order chi connectivity index (χ0) is 7.56. The quantitative estimate of drug-likeness (QED) is 0.626. The van der Waals surface area contributed by atoms with Gasteiger partial charge in [-0.1, -0.05) is 0 Å². The molecule has 2 nitrogen and oxygen atoms in total. The van der Waals surface area contributed by atoms with Crippen LogP contribution in [0.3, 0.4) is 0 Å². The Morgan fingerprint density at radius 1 is 1.70 bits per heavy atom. The molecule has 0 amide bonds. The Hall–Kier alpha value is -0.150. The Balaban J connectivity index is 2.41. The molecule has 1 aliphatic rings. The van der Waals surface area contributed by atoms with Crippen LogP contribution in [0.5, 0.6) is 0 Å². The van der Waals surface area contributed by atoms with Gasteiger partial charge in [0.15, 0.2) is 0 Å². The van der Waals surface area contributed by atoms with E-state index in [1.54, 1.807) is 0 Å². The second-order valence-electron chi connectivity index (χ2n) is 2.82. The van der Waals surface area contributed by atoms with E-state index < -0.39 is 0 Å². The number of hydrogen-bond acceptors (Lipinski definition) is 2. The van der Waals surface area contributed by atoms with Gasteiger partial charge in [-0.25, -0.2) is 0 Å². The Labute approximate surface area is 60.0 Å². The van der Waals surface area contributed by atoms with Gasteiger partial charge in [0.05, 0.1) is 25.5 Å². The minimum absolute atomic E-state index is 0.0566. The molecular weight excluding hydrogens is 135 g/mol. The van der Waals surface area contributed by atoms with Crippen molar-refractivity contribution in [2.75, 3.05) is 13.3 Å². The number of alkyl halides is 1. The molecule has 3 heteroatoms. The van der Waals surface area contributed by atoms with Gasteiger partial charge >= 0.3 is 0 Å². The highest BCUT2D eigenvalue weighted by Crippen LogP contribution is 2.25. The summed E-state index contributed by atoms with van der Waals surface area (Å²) < 4.78 is 17.3. The van der Waals surface area contributed by atoms with Crippen LogP contribution in [-0.2, 0) is 4.74 Å². The fourth-order valence-electron chi connectivity index (χ4n) is 1.40. The van der Waals surface area contributed by atoms with Crippen molar-refractivity contribution in [3.05, 3.63) is 0 Å².